The monoisotopic (exact) mass is 397 g/mol. The maximum atomic E-state index is 13.2. The van der Waals surface area contributed by atoms with E-state index in [1.54, 1.807) is 24.9 Å². The van der Waals surface area contributed by atoms with Crippen LogP contribution in [0.3, 0.4) is 0 Å². The molecule has 1 aromatic rings. The van der Waals surface area contributed by atoms with Crippen molar-refractivity contribution in [2.75, 3.05) is 19.8 Å². The van der Waals surface area contributed by atoms with Crippen LogP contribution in [-0.4, -0.2) is 25.8 Å². The van der Waals surface area contributed by atoms with Gasteiger partial charge in [-0.05, 0) is 36.4 Å². The molecule has 108 valence electrons. The Morgan fingerprint density at radius 1 is 1.32 bits per heavy atom. The summed E-state index contributed by atoms with van der Waals surface area (Å²) >= 11 is 1.69. The van der Waals surface area contributed by atoms with Gasteiger partial charge in [0, 0.05) is 25.9 Å². The van der Waals surface area contributed by atoms with Crippen LogP contribution in [0.2, 0.25) is 0 Å². The van der Waals surface area contributed by atoms with Crippen LogP contribution >= 0.6 is 35.7 Å². The maximum absolute atomic E-state index is 13.2. The van der Waals surface area contributed by atoms with E-state index < -0.39 is 0 Å². The van der Waals surface area contributed by atoms with E-state index in [1.807, 2.05) is 19.2 Å². The van der Waals surface area contributed by atoms with E-state index in [0.29, 0.717) is 6.54 Å². The fourth-order valence-electron chi connectivity index (χ4n) is 1.62. The first-order valence-electron chi connectivity index (χ1n) is 5.92. The minimum absolute atomic E-state index is 0. The second-order valence-corrected chi connectivity index (χ2v) is 4.67. The molecule has 0 aliphatic heterocycles. The molecule has 0 fully saturated rings. The quantitative estimate of drug-likeness (QED) is 0.456. The molecular formula is C13H21FIN3S. The molecule has 0 radical (unpaired) electrons. The average Bonchev–Trinajstić information content (AvgIpc) is 2.36. The van der Waals surface area contributed by atoms with Crippen LogP contribution in [0.4, 0.5) is 4.39 Å². The summed E-state index contributed by atoms with van der Waals surface area (Å²) in [6.07, 6.45) is 2.01. The van der Waals surface area contributed by atoms with E-state index in [0.717, 1.165) is 29.4 Å². The highest BCUT2D eigenvalue weighted by Gasteiger charge is 2.04. The van der Waals surface area contributed by atoms with Gasteiger partial charge in [0.25, 0.3) is 0 Å². The topological polar surface area (TPSA) is 36.4 Å². The van der Waals surface area contributed by atoms with Gasteiger partial charge in [0.2, 0.25) is 0 Å². The number of guanidine groups is 1. The first-order chi connectivity index (χ1) is 8.71. The normalized spacial score (nSPS) is 10.8. The fraction of sp³-hybridized carbons (Fsp3) is 0.462. The third-order valence-corrected chi connectivity index (χ3v) is 3.08. The number of aliphatic imine (C=N–C) groups is 1. The summed E-state index contributed by atoms with van der Waals surface area (Å²) in [6.45, 7) is 3.49. The third-order valence-electron chi connectivity index (χ3n) is 2.48. The number of benzene rings is 1. The van der Waals surface area contributed by atoms with Crippen molar-refractivity contribution in [3.8, 4) is 0 Å². The first-order valence-corrected chi connectivity index (χ1v) is 7.31. The van der Waals surface area contributed by atoms with Crippen molar-refractivity contribution in [2.45, 2.75) is 19.2 Å². The molecule has 0 saturated carbocycles. The van der Waals surface area contributed by atoms with Crippen molar-refractivity contribution in [2.24, 2.45) is 4.99 Å². The Morgan fingerprint density at radius 3 is 2.63 bits per heavy atom. The highest BCUT2D eigenvalue weighted by molar-refractivity contribution is 14.0. The predicted octanol–water partition coefficient (Wildman–Crippen LogP) is 2.99. The molecule has 0 unspecified atom stereocenters. The lowest BCUT2D eigenvalue weighted by atomic mass is 10.1. The van der Waals surface area contributed by atoms with Crippen molar-refractivity contribution in [1.82, 2.24) is 10.6 Å². The van der Waals surface area contributed by atoms with Crippen molar-refractivity contribution in [3.05, 3.63) is 35.1 Å². The molecule has 19 heavy (non-hydrogen) atoms. The summed E-state index contributed by atoms with van der Waals surface area (Å²) < 4.78 is 13.2. The van der Waals surface area contributed by atoms with E-state index >= 15 is 0 Å². The average molecular weight is 397 g/mol. The molecule has 0 spiro atoms. The lowest BCUT2D eigenvalue weighted by Gasteiger charge is -2.13. The molecular weight excluding hydrogens is 376 g/mol. The molecule has 0 bridgehead atoms. The van der Waals surface area contributed by atoms with Crippen molar-refractivity contribution in [1.29, 1.82) is 0 Å². The highest BCUT2D eigenvalue weighted by Crippen LogP contribution is 2.16. The number of rotatable bonds is 5. The number of nitrogens with one attached hydrogen (secondary N) is 2. The zero-order chi connectivity index (χ0) is 13.4. The Kier molecular flexibility index (Phi) is 10.0. The van der Waals surface area contributed by atoms with Gasteiger partial charge in [-0.15, -0.1) is 24.0 Å². The molecule has 0 saturated heterocycles. The Bertz CT molecular complexity index is 413. The van der Waals surface area contributed by atoms with Gasteiger partial charge in [0.1, 0.15) is 5.82 Å². The number of nitrogens with zero attached hydrogens (tertiary/aromatic N) is 1. The van der Waals surface area contributed by atoms with Crippen LogP contribution in [0.15, 0.2) is 23.2 Å². The van der Waals surface area contributed by atoms with Gasteiger partial charge in [-0.25, -0.2) is 4.39 Å². The second kappa shape index (κ2) is 10.3. The zero-order valence-electron chi connectivity index (χ0n) is 11.5. The molecule has 0 heterocycles. The Hall–Kier alpha value is -0.500. The van der Waals surface area contributed by atoms with Gasteiger partial charge >= 0.3 is 0 Å². The van der Waals surface area contributed by atoms with Crippen molar-refractivity contribution >= 4 is 41.7 Å². The van der Waals surface area contributed by atoms with Gasteiger partial charge in [0.05, 0.1) is 0 Å². The van der Waals surface area contributed by atoms with E-state index in [-0.39, 0.29) is 29.8 Å². The van der Waals surface area contributed by atoms with E-state index in [4.69, 9.17) is 0 Å². The van der Waals surface area contributed by atoms with Crippen LogP contribution in [0.5, 0.6) is 0 Å². The number of halogens is 2. The van der Waals surface area contributed by atoms with E-state index in [1.165, 1.54) is 6.07 Å². The molecule has 6 heteroatoms. The minimum Gasteiger partial charge on any atom is -0.357 e. The molecule has 1 aromatic carbocycles. The van der Waals surface area contributed by atoms with Crippen LogP contribution in [-0.2, 0) is 12.3 Å². The third kappa shape index (κ3) is 6.47. The molecule has 0 atom stereocenters. The zero-order valence-corrected chi connectivity index (χ0v) is 14.6. The summed E-state index contributed by atoms with van der Waals surface area (Å²) in [6, 6.07) is 4.92. The van der Waals surface area contributed by atoms with Gasteiger partial charge < -0.3 is 10.6 Å². The molecule has 0 aliphatic carbocycles. The summed E-state index contributed by atoms with van der Waals surface area (Å²) in [5, 5.41) is 6.34. The lowest BCUT2D eigenvalue weighted by Crippen LogP contribution is -2.36. The van der Waals surface area contributed by atoms with E-state index in [9.17, 15) is 4.39 Å². The lowest BCUT2D eigenvalue weighted by molar-refractivity contribution is 0.625. The first kappa shape index (κ1) is 18.5. The van der Waals surface area contributed by atoms with Crippen LogP contribution in [0.1, 0.15) is 18.1 Å². The molecule has 0 amide bonds. The molecule has 2 N–H and O–H groups in total. The van der Waals surface area contributed by atoms with E-state index in [2.05, 4.69) is 15.6 Å². The SMILES string of the molecule is CCNC(=NC)NCc1ccc(F)cc1CSC.I. The standard InChI is InChI=1S/C13H20FN3S.HI/c1-4-16-13(15-2)17-8-10-5-6-12(14)7-11(10)9-18-3;/h5-7H,4,8-9H2,1-3H3,(H2,15,16,17);1H. The Morgan fingerprint density at radius 2 is 2.05 bits per heavy atom. The number of hydrogen-bond acceptors (Lipinski definition) is 2. The Labute approximate surface area is 135 Å². The fourth-order valence-corrected chi connectivity index (χ4v) is 2.20. The van der Waals surface area contributed by atoms with Crippen molar-refractivity contribution in [3.63, 3.8) is 0 Å². The summed E-state index contributed by atoms with van der Waals surface area (Å²) in [5.41, 5.74) is 2.13. The van der Waals surface area contributed by atoms with Crippen LogP contribution < -0.4 is 10.6 Å². The van der Waals surface area contributed by atoms with Gasteiger partial charge in [0.15, 0.2) is 5.96 Å². The molecule has 1 rings (SSSR count). The largest absolute Gasteiger partial charge is 0.357 e. The molecule has 0 aromatic heterocycles. The Balaban J connectivity index is 0.00000324. The van der Waals surface area contributed by atoms with Gasteiger partial charge in [-0.1, -0.05) is 6.07 Å². The summed E-state index contributed by atoms with van der Waals surface area (Å²) in [5.74, 6) is 1.39. The minimum atomic E-state index is -0.182. The number of hydrogen-bond donors (Lipinski definition) is 2. The maximum Gasteiger partial charge on any atom is 0.191 e. The smallest absolute Gasteiger partial charge is 0.191 e. The highest BCUT2D eigenvalue weighted by atomic mass is 127. The van der Waals surface area contributed by atoms with Gasteiger partial charge in [-0.2, -0.15) is 11.8 Å². The molecule has 0 aliphatic rings. The summed E-state index contributed by atoms with van der Waals surface area (Å²) in [4.78, 5) is 4.10. The summed E-state index contributed by atoms with van der Waals surface area (Å²) in [7, 11) is 1.73. The van der Waals surface area contributed by atoms with Crippen LogP contribution in [0, 0.1) is 5.82 Å². The van der Waals surface area contributed by atoms with Crippen molar-refractivity contribution < 1.29 is 4.39 Å². The predicted molar refractivity (Wildman–Crippen MR) is 92.9 cm³/mol. The van der Waals surface area contributed by atoms with Gasteiger partial charge in [-0.3, -0.25) is 4.99 Å². The number of thioether (sulfide) groups is 1. The van der Waals surface area contributed by atoms with Crippen LogP contribution in [0.25, 0.3) is 0 Å². The second-order valence-electron chi connectivity index (χ2n) is 3.80. The molecule has 3 nitrogen and oxygen atoms in total.